The van der Waals surface area contributed by atoms with Crippen molar-refractivity contribution in [2.24, 2.45) is 11.8 Å². The van der Waals surface area contributed by atoms with Gasteiger partial charge < -0.3 is 10.1 Å². The molecule has 3 aliphatic carbocycles. The Morgan fingerprint density at radius 3 is 1.77 bits per heavy atom. The van der Waals surface area contributed by atoms with Gasteiger partial charge in [-0.15, -0.1) is 0 Å². The first-order chi connectivity index (χ1) is 20.8. The van der Waals surface area contributed by atoms with E-state index in [4.69, 9.17) is 4.74 Å². The maximum absolute atomic E-state index is 13.9. The van der Waals surface area contributed by atoms with E-state index in [2.05, 4.69) is 45.5 Å². The fraction of sp³-hybridized carbons (Fsp3) is 0.200. The zero-order valence-electron chi connectivity index (χ0n) is 23.5. The molecule has 7 nitrogen and oxygen atoms in total. The van der Waals surface area contributed by atoms with Gasteiger partial charge in [0, 0.05) is 22.0 Å². The SMILES string of the molecule is Cc1c(Br)ccc(NC(=O)COC(=O)c2ccc(N3C(=O)[C@H]4C5c6ccccc6C(c6ccccc65)[C@@H]4C3=O)cc2)c1C. The second-order valence-electron chi connectivity index (χ2n) is 11.3. The number of carbonyl (C=O) groups excluding carboxylic acids is 4. The zero-order valence-corrected chi connectivity index (χ0v) is 25.1. The van der Waals surface area contributed by atoms with Crippen LogP contribution in [0.2, 0.25) is 0 Å². The van der Waals surface area contributed by atoms with E-state index in [1.165, 1.54) is 17.0 Å². The fourth-order valence-corrected chi connectivity index (χ4v) is 7.43. The molecule has 0 radical (unpaired) electrons. The van der Waals surface area contributed by atoms with Gasteiger partial charge in [0.1, 0.15) is 0 Å². The third-order valence-electron chi connectivity index (χ3n) is 9.14. The van der Waals surface area contributed by atoms with Gasteiger partial charge >= 0.3 is 5.97 Å². The minimum absolute atomic E-state index is 0.186. The average Bonchev–Trinajstić information content (AvgIpc) is 3.30. The van der Waals surface area contributed by atoms with Crippen LogP contribution in [0.25, 0.3) is 0 Å². The lowest BCUT2D eigenvalue weighted by atomic mass is 9.55. The maximum Gasteiger partial charge on any atom is 0.338 e. The Labute approximate surface area is 257 Å². The summed E-state index contributed by atoms with van der Waals surface area (Å²) in [4.78, 5) is 54.3. The Hall–Kier alpha value is -4.56. The maximum atomic E-state index is 13.9. The van der Waals surface area contributed by atoms with E-state index in [0.717, 1.165) is 37.9 Å². The molecule has 214 valence electrons. The van der Waals surface area contributed by atoms with Crippen molar-refractivity contribution in [3.8, 4) is 0 Å². The lowest BCUT2D eigenvalue weighted by molar-refractivity contribution is -0.122. The first-order valence-electron chi connectivity index (χ1n) is 14.1. The standard InChI is InChI=1S/C35H27BrN2O5/c1-18-19(2)27(16-15-26(18)36)37-28(39)17-43-35(42)20-11-13-21(14-12-20)38-33(40)31-29-22-7-3-4-8-23(22)30(32(31)34(38)41)25-10-6-5-9-24(25)29/h3-16,29-32H,17H2,1-2H3,(H,37,39)/t29?,30?,31-,32-/m0/s1. The second kappa shape index (κ2) is 10.3. The lowest BCUT2D eigenvalue weighted by Gasteiger charge is -2.45. The Bertz CT molecular complexity index is 1730. The van der Waals surface area contributed by atoms with Crippen molar-refractivity contribution < 1.29 is 23.9 Å². The number of ether oxygens (including phenoxy) is 1. The molecule has 43 heavy (non-hydrogen) atoms. The molecule has 2 bridgehead atoms. The Balaban J connectivity index is 1.08. The highest BCUT2D eigenvalue weighted by molar-refractivity contribution is 9.10. The topological polar surface area (TPSA) is 92.8 Å². The number of amides is 3. The van der Waals surface area contributed by atoms with E-state index in [-0.39, 0.29) is 29.2 Å². The van der Waals surface area contributed by atoms with E-state index in [1.807, 2.05) is 44.2 Å². The molecule has 1 fully saturated rings. The van der Waals surface area contributed by atoms with Crippen molar-refractivity contribution in [2.45, 2.75) is 25.7 Å². The molecule has 1 heterocycles. The van der Waals surface area contributed by atoms with Crippen LogP contribution in [0.1, 0.15) is 55.6 Å². The number of hydrogen-bond donors (Lipinski definition) is 1. The first kappa shape index (κ1) is 27.3. The highest BCUT2D eigenvalue weighted by Gasteiger charge is 2.61. The van der Waals surface area contributed by atoms with Crippen LogP contribution < -0.4 is 10.2 Å². The summed E-state index contributed by atoms with van der Waals surface area (Å²) in [6, 6.07) is 26.0. The van der Waals surface area contributed by atoms with E-state index in [9.17, 15) is 19.2 Å². The van der Waals surface area contributed by atoms with Crippen molar-refractivity contribution in [1.82, 2.24) is 0 Å². The fourth-order valence-electron chi connectivity index (χ4n) is 7.00. The van der Waals surface area contributed by atoms with E-state index in [1.54, 1.807) is 18.2 Å². The van der Waals surface area contributed by atoms with Gasteiger partial charge in [-0.25, -0.2) is 9.69 Å². The summed E-state index contributed by atoms with van der Waals surface area (Å²) < 4.78 is 6.18. The molecule has 8 rings (SSSR count). The van der Waals surface area contributed by atoms with E-state index < -0.39 is 30.3 Å². The number of nitrogens with one attached hydrogen (secondary N) is 1. The van der Waals surface area contributed by atoms with Crippen LogP contribution in [0.5, 0.6) is 0 Å². The normalized spacial score (nSPS) is 21.2. The summed E-state index contributed by atoms with van der Waals surface area (Å²) in [5, 5.41) is 2.77. The smallest absolute Gasteiger partial charge is 0.338 e. The molecule has 2 atom stereocenters. The molecule has 4 aromatic carbocycles. The first-order valence-corrected chi connectivity index (χ1v) is 14.9. The van der Waals surface area contributed by atoms with Gasteiger partial charge in [0.15, 0.2) is 6.61 Å². The number of imide groups is 1. The highest BCUT2D eigenvalue weighted by Crippen LogP contribution is 2.61. The molecule has 0 unspecified atom stereocenters. The van der Waals surface area contributed by atoms with Gasteiger partial charge in [0.05, 0.1) is 23.1 Å². The van der Waals surface area contributed by atoms with Crippen LogP contribution in [0.4, 0.5) is 11.4 Å². The molecule has 4 aromatic rings. The van der Waals surface area contributed by atoms with Gasteiger partial charge in [0.25, 0.3) is 5.91 Å². The van der Waals surface area contributed by atoms with Crippen LogP contribution in [-0.2, 0) is 19.1 Å². The van der Waals surface area contributed by atoms with Gasteiger partial charge in [-0.05, 0) is 83.6 Å². The molecule has 3 amide bonds. The number of halogens is 1. The summed E-state index contributed by atoms with van der Waals surface area (Å²) >= 11 is 3.47. The van der Waals surface area contributed by atoms with Crippen LogP contribution in [0.15, 0.2) is 89.4 Å². The van der Waals surface area contributed by atoms with E-state index >= 15 is 0 Å². The molecule has 4 aliphatic rings. The predicted molar refractivity (Wildman–Crippen MR) is 165 cm³/mol. The number of anilines is 2. The summed E-state index contributed by atoms with van der Waals surface area (Å²) in [6.45, 7) is 3.39. The zero-order chi connectivity index (χ0) is 30.0. The number of hydrogen-bond acceptors (Lipinski definition) is 5. The predicted octanol–water partition coefficient (Wildman–Crippen LogP) is 6.26. The average molecular weight is 636 g/mol. The summed E-state index contributed by atoms with van der Waals surface area (Å²) in [6.07, 6.45) is 0. The molecule has 0 aromatic heterocycles. The monoisotopic (exact) mass is 634 g/mol. The highest BCUT2D eigenvalue weighted by atomic mass is 79.9. The van der Waals surface area contributed by atoms with Crippen molar-refractivity contribution >= 4 is 51.0 Å². The lowest BCUT2D eigenvalue weighted by Crippen LogP contribution is -2.41. The van der Waals surface area contributed by atoms with Crippen molar-refractivity contribution in [3.63, 3.8) is 0 Å². The molecule has 1 N–H and O–H groups in total. The molecule has 1 saturated heterocycles. The van der Waals surface area contributed by atoms with Crippen LogP contribution >= 0.6 is 15.9 Å². The molecular formula is C35H27BrN2O5. The van der Waals surface area contributed by atoms with Crippen LogP contribution in [-0.4, -0.2) is 30.3 Å². The number of rotatable bonds is 5. The Morgan fingerprint density at radius 1 is 0.744 bits per heavy atom. The second-order valence-corrected chi connectivity index (χ2v) is 12.1. The summed E-state index contributed by atoms with van der Waals surface area (Å²) in [5.41, 5.74) is 7.64. The molecule has 1 aliphatic heterocycles. The van der Waals surface area contributed by atoms with Crippen molar-refractivity contribution in [1.29, 1.82) is 0 Å². The number of benzene rings is 4. The summed E-state index contributed by atoms with van der Waals surface area (Å²) in [5.74, 6) is -2.92. The number of carbonyl (C=O) groups is 4. The van der Waals surface area contributed by atoms with Gasteiger partial charge in [0.2, 0.25) is 11.8 Å². The molecule has 0 saturated carbocycles. The van der Waals surface area contributed by atoms with Gasteiger partial charge in [-0.1, -0.05) is 64.5 Å². The Kier molecular flexibility index (Phi) is 6.54. The minimum Gasteiger partial charge on any atom is -0.452 e. The number of esters is 1. The molecular weight excluding hydrogens is 608 g/mol. The largest absolute Gasteiger partial charge is 0.452 e. The number of nitrogens with zero attached hydrogens (tertiary/aromatic N) is 1. The third-order valence-corrected chi connectivity index (χ3v) is 10.00. The van der Waals surface area contributed by atoms with Crippen molar-refractivity contribution in [2.75, 3.05) is 16.8 Å². The minimum atomic E-state index is -0.679. The molecule has 0 spiro atoms. The van der Waals surface area contributed by atoms with Crippen LogP contribution in [0.3, 0.4) is 0 Å². The quantitative estimate of drug-likeness (QED) is 0.207. The third kappa shape index (κ3) is 4.23. The molecule has 8 heteroatoms. The van der Waals surface area contributed by atoms with Crippen molar-refractivity contribution in [3.05, 3.63) is 128 Å². The van der Waals surface area contributed by atoms with Gasteiger partial charge in [-0.3, -0.25) is 14.4 Å². The summed E-state index contributed by atoms with van der Waals surface area (Å²) in [7, 11) is 0. The Morgan fingerprint density at radius 2 is 1.26 bits per heavy atom. The van der Waals surface area contributed by atoms with Gasteiger partial charge in [-0.2, -0.15) is 0 Å². The van der Waals surface area contributed by atoms with Crippen LogP contribution in [0, 0.1) is 25.7 Å². The van der Waals surface area contributed by atoms with E-state index in [0.29, 0.717) is 11.4 Å².